The molecule has 0 spiro atoms. The molecule has 0 radical (unpaired) electrons. The average Bonchev–Trinajstić information content (AvgIpc) is 2.58. The van der Waals surface area contributed by atoms with Gasteiger partial charge in [0.15, 0.2) is 0 Å². The first kappa shape index (κ1) is 16.7. The number of nitrogens with zero attached hydrogens (tertiary/aromatic N) is 2. The minimum absolute atomic E-state index is 0.122. The first-order valence-corrected chi connectivity index (χ1v) is 7.39. The van der Waals surface area contributed by atoms with Crippen LogP contribution >= 0.6 is 0 Å². The number of aliphatic hydroxyl groups excluding tert-OH is 1. The Hall–Kier alpha value is -2.66. The summed E-state index contributed by atoms with van der Waals surface area (Å²) in [5, 5.41) is 14.2. The summed E-state index contributed by atoms with van der Waals surface area (Å²) in [7, 11) is 0. The third-order valence-corrected chi connectivity index (χ3v) is 3.15. The van der Waals surface area contributed by atoms with E-state index in [1.54, 1.807) is 6.21 Å². The fraction of sp³-hybridized carbons (Fsp3) is 0.222. The molecule has 2 aromatic carbocycles. The molecule has 0 unspecified atom stereocenters. The van der Waals surface area contributed by atoms with Crippen LogP contribution in [0.1, 0.15) is 18.1 Å². The highest BCUT2D eigenvalue weighted by molar-refractivity contribution is 5.81. The number of hydrogen-bond donors (Lipinski definition) is 1. The summed E-state index contributed by atoms with van der Waals surface area (Å²) in [6, 6.07) is 17.4. The Kier molecular flexibility index (Phi) is 6.32. The second-order valence-corrected chi connectivity index (χ2v) is 4.95. The van der Waals surface area contributed by atoms with E-state index in [0.717, 1.165) is 16.9 Å². The smallest absolute Gasteiger partial charge is 0.239 e. The quantitative estimate of drug-likeness (QED) is 0.631. The van der Waals surface area contributed by atoms with Crippen LogP contribution in [0.3, 0.4) is 0 Å². The number of hydrazone groups is 1. The predicted octanol–water partition coefficient (Wildman–Crippen LogP) is 2.44. The summed E-state index contributed by atoms with van der Waals surface area (Å²) in [5.74, 6) is 0.558. The van der Waals surface area contributed by atoms with Crippen molar-refractivity contribution in [3.8, 4) is 5.75 Å². The van der Waals surface area contributed by atoms with Crippen molar-refractivity contribution in [1.29, 1.82) is 0 Å². The molecule has 1 N–H and O–H groups in total. The van der Waals surface area contributed by atoms with Gasteiger partial charge in [-0.05, 0) is 35.4 Å². The number of carbonyl (C=O) groups is 1. The molecule has 0 bridgehead atoms. The van der Waals surface area contributed by atoms with E-state index in [1.807, 2.05) is 54.6 Å². The van der Waals surface area contributed by atoms with Crippen LogP contribution in [-0.4, -0.2) is 35.4 Å². The minimum Gasteiger partial charge on any atom is -0.489 e. The molecule has 2 rings (SSSR count). The second kappa shape index (κ2) is 8.70. The van der Waals surface area contributed by atoms with Gasteiger partial charge in [-0.25, -0.2) is 5.01 Å². The Labute approximate surface area is 135 Å². The van der Waals surface area contributed by atoms with Crippen molar-refractivity contribution in [2.75, 3.05) is 13.2 Å². The minimum atomic E-state index is -0.210. The van der Waals surface area contributed by atoms with E-state index in [-0.39, 0.29) is 19.1 Å². The van der Waals surface area contributed by atoms with E-state index in [9.17, 15) is 4.79 Å². The van der Waals surface area contributed by atoms with Crippen LogP contribution in [0.25, 0.3) is 0 Å². The molecule has 0 fully saturated rings. The summed E-state index contributed by atoms with van der Waals surface area (Å²) in [4.78, 5) is 11.3. The van der Waals surface area contributed by atoms with Crippen LogP contribution in [-0.2, 0) is 11.4 Å². The van der Waals surface area contributed by atoms with Gasteiger partial charge in [-0.1, -0.05) is 30.3 Å². The summed E-state index contributed by atoms with van der Waals surface area (Å²) in [5.41, 5.74) is 1.96. The van der Waals surface area contributed by atoms with Crippen molar-refractivity contribution in [1.82, 2.24) is 5.01 Å². The van der Waals surface area contributed by atoms with Crippen molar-refractivity contribution in [2.45, 2.75) is 13.5 Å². The predicted molar refractivity (Wildman–Crippen MR) is 89.3 cm³/mol. The first-order chi connectivity index (χ1) is 11.2. The highest BCUT2D eigenvalue weighted by Crippen LogP contribution is 2.13. The monoisotopic (exact) mass is 312 g/mol. The maximum atomic E-state index is 11.3. The zero-order valence-electron chi connectivity index (χ0n) is 13.1. The normalized spacial score (nSPS) is 10.7. The molecule has 23 heavy (non-hydrogen) atoms. The zero-order chi connectivity index (χ0) is 16.5. The molecule has 0 atom stereocenters. The average molecular weight is 312 g/mol. The fourth-order valence-electron chi connectivity index (χ4n) is 1.92. The molecule has 0 aliphatic carbocycles. The van der Waals surface area contributed by atoms with E-state index in [4.69, 9.17) is 9.84 Å². The SMILES string of the molecule is CC(=O)N(CCO)N=Cc1ccc(OCc2ccccc2)cc1. The Bertz CT molecular complexity index is 639. The number of carbonyl (C=O) groups excluding carboxylic acids is 1. The number of benzene rings is 2. The van der Waals surface area contributed by atoms with Crippen LogP contribution in [0, 0.1) is 0 Å². The molecule has 0 aromatic heterocycles. The fourth-order valence-corrected chi connectivity index (χ4v) is 1.92. The van der Waals surface area contributed by atoms with Gasteiger partial charge in [0.05, 0.1) is 19.4 Å². The van der Waals surface area contributed by atoms with Gasteiger partial charge in [-0.3, -0.25) is 4.79 Å². The van der Waals surface area contributed by atoms with Crippen molar-refractivity contribution >= 4 is 12.1 Å². The third kappa shape index (κ3) is 5.56. The molecule has 0 heterocycles. The maximum absolute atomic E-state index is 11.3. The molecule has 0 aliphatic rings. The van der Waals surface area contributed by atoms with Gasteiger partial charge < -0.3 is 9.84 Å². The number of ether oxygens (including phenoxy) is 1. The molecule has 120 valence electrons. The van der Waals surface area contributed by atoms with Gasteiger partial charge in [0.2, 0.25) is 5.91 Å². The van der Waals surface area contributed by atoms with Crippen LogP contribution in [0.15, 0.2) is 59.7 Å². The molecule has 2 aromatic rings. The van der Waals surface area contributed by atoms with Crippen molar-refractivity contribution < 1.29 is 14.6 Å². The van der Waals surface area contributed by atoms with Crippen LogP contribution < -0.4 is 4.74 Å². The van der Waals surface area contributed by atoms with Crippen LogP contribution in [0.2, 0.25) is 0 Å². The molecule has 0 saturated heterocycles. The molecule has 0 aliphatic heterocycles. The van der Waals surface area contributed by atoms with E-state index in [0.29, 0.717) is 6.61 Å². The molecular formula is C18H20N2O3. The highest BCUT2D eigenvalue weighted by atomic mass is 16.5. The van der Waals surface area contributed by atoms with Gasteiger partial charge in [-0.15, -0.1) is 0 Å². The van der Waals surface area contributed by atoms with E-state index < -0.39 is 0 Å². The first-order valence-electron chi connectivity index (χ1n) is 7.39. The molecular weight excluding hydrogens is 292 g/mol. The van der Waals surface area contributed by atoms with Gasteiger partial charge in [0.25, 0.3) is 0 Å². The van der Waals surface area contributed by atoms with E-state index in [2.05, 4.69) is 5.10 Å². The molecule has 1 amide bonds. The van der Waals surface area contributed by atoms with Crippen molar-refractivity contribution in [3.63, 3.8) is 0 Å². The van der Waals surface area contributed by atoms with Crippen molar-refractivity contribution in [2.24, 2.45) is 5.10 Å². The standard InChI is InChI=1S/C18H20N2O3/c1-15(22)20(11-12-21)19-13-16-7-9-18(10-8-16)23-14-17-5-3-2-4-6-17/h2-10,13,21H,11-12,14H2,1H3. The van der Waals surface area contributed by atoms with E-state index >= 15 is 0 Å². The molecule has 5 heteroatoms. The third-order valence-electron chi connectivity index (χ3n) is 3.15. The Morgan fingerprint density at radius 3 is 2.48 bits per heavy atom. The number of hydrogen-bond acceptors (Lipinski definition) is 4. The van der Waals surface area contributed by atoms with Gasteiger partial charge >= 0.3 is 0 Å². The number of amides is 1. The maximum Gasteiger partial charge on any atom is 0.239 e. The lowest BCUT2D eigenvalue weighted by molar-refractivity contribution is -0.129. The number of aliphatic hydroxyl groups is 1. The zero-order valence-corrected chi connectivity index (χ0v) is 13.1. The second-order valence-electron chi connectivity index (χ2n) is 4.95. The van der Waals surface area contributed by atoms with Gasteiger partial charge in [0.1, 0.15) is 12.4 Å². The summed E-state index contributed by atoms with van der Waals surface area (Å²) in [6.45, 7) is 1.99. The Balaban J connectivity index is 1.92. The lowest BCUT2D eigenvalue weighted by Gasteiger charge is -2.12. The molecule has 5 nitrogen and oxygen atoms in total. The molecule has 0 saturated carbocycles. The summed E-state index contributed by atoms with van der Waals surface area (Å²) in [6.07, 6.45) is 1.58. The van der Waals surface area contributed by atoms with Crippen molar-refractivity contribution in [3.05, 3.63) is 65.7 Å². The van der Waals surface area contributed by atoms with E-state index in [1.165, 1.54) is 11.9 Å². The highest BCUT2D eigenvalue weighted by Gasteiger charge is 2.04. The largest absolute Gasteiger partial charge is 0.489 e. The summed E-state index contributed by atoms with van der Waals surface area (Å²) >= 11 is 0. The lowest BCUT2D eigenvalue weighted by atomic mass is 10.2. The Morgan fingerprint density at radius 1 is 1.17 bits per heavy atom. The Morgan fingerprint density at radius 2 is 1.87 bits per heavy atom. The lowest BCUT2D eigenvalue weighted by Crippen LogP contribution is -2.26. The van der Waals surface area contributed by atoms with Gasteiger partial charge in [-0.2, -0.15) is 5.10 Å². The summed E-state index contributed by atoms with van der Waals surface area (Å²) < 4.78 is 5.71. The number of rotatable bonds is 7. The van der Waals surface area contributed by atoms with Crippen LogP contribution in [0.5, 0.6) is 5.75 Å². The van der Waals surface area contributed by atoms with Crippen LogP contribution in [0.4, 0.5) is 0 Å². The van der Waals surface area contributed by atoms with Gasteiger partial charge in [0, 0.05) is 6.92 Å². The topological polar surface area (TPSA) is 62.1 Å².